The van der Waals surface area contributed by atoms with E-state index in [9.17, 15) is 9.59 Å². The summed E-state index contributed by atoms with van der Waals surface area (Å²) in [7, 11) is 0. The minimum absolute atomic E-state index is 0.0203. The van der Waals surface area contributed by atoms with Crippen LogP contribution in [0.4, 0.5) is 0 Å². The van der Waals surface area contributed by atoms with Crippen molar-refractivity contribution in [2.75, 3.05) is 6.54 Å². The molecule has 0 spiro atoms. The van der Waals surface area contributed by atoms with Crippen molar-refractivity contribution in [2.45, 2.75) is 65.3 Å². The summed E-state index contributed by atoms with van der Waals surface area (Å²) < 4.78 is 0. The minimum Gasteiger partial charge on any atom is -0.358 e. The number of ketones is 1. The second-order valence-electron chi connectivity index (χ2n) is 7.08. The van der Waals surface area contributed by atoms with Gasteiger partial charge in [-0.1, -0.05) is 38.1 Å². The molecule has 0 aliphatic carbocycles. The van der Waals surface area contributed by atoms with Gasteiger partial charge in [0.2, 0.25) is 5.91 Å². The fourth-order valence-corrected chi connectivity index (χ4v) is 2.76. The number of unbranched alkanes of at least 4 members (excludes halogenated alkanes) is 1. The summed E-state index contributed by atoms with van der Waals surface area (Å²) in [5.74, 6) is 0.298. The van der Waals surface area contributed by atoms with Gasteiger partial charge in [-0.2, -0.15) is 0 Å². The molecule has 2 unspecified atom stereocenters. The first kappa shape index (κ1) is 20.4. The highest BCUT2D eigenvalue weighted by atomic mass is 16.2. The summed E-state index contributed by atoms with van der Waals surface area (Å²) in [6, 6.07) is 7.85. The normalized spacial score (nSPS) is 13.6. The SMILES string of the molecule is CC(=O)C(CCCC[NH3+])NC(=O)C(C)c1ccc(CC(C)C)cc1. The number of Topliss-reactive ketones (excluding diaryl/α,β-unsaturated/α-hetero) is 1. The molecule has 0 aromatic heterocycles. The molecule has 24 heavy (non-hydrogen) atoms. The van der Waals surface area contributed by atoms with E-state index in [4.69, 9.17) is 0 Å². The molecular formula is C20H33N2O2+. The highest BCUT2D eigenvalue weighted by molar-refractivity contribution is 5.90. The first-order valence-electron chi connectivity index (χ1n) is 9.04. The van der Waals surface area contributed by atoms with Crippen LogP contribution in [-0.2, 0) is 16.0 Å². The van der Waals surface area contributed by atoms with E-state index in [1.165, 1.54) is 5.56 Å². The molecule has 1 rings (SSSR count). The number of benzene rings is 1. The average Bonchev–Trinajstić information content (AvgIpc) is 2.53. The van der Waals surface area contributed by atoms with Crippen LogP contribution < -0.4 is 11.1 Å². The van der Waals surface area contributed by atoms with Crippen LogP contribution in [0.2, 0.25) is 0 Å². The summed E-state index contributed by atoms with van der Waals surface area (Å²) in [6.07, 6.45) is 3.62. The molecule has 4 heteroatoms. The van der Waals surface area contributed by atoms with Crippen LogP contribution >= 0.6 is 0 Å². The largest absolute Gasteiger partial charge is 0.358 e. The Kier molecular flexibility index (Phi) is 8.69. The number of nitrogens with one attached hydrogen (secondary N) is 1. The lowest BCUT2D eigenvalue weighted by Crippen LogP contribution is -2.50. The highest BCUT2D eigenvalue weighted by Crippen LogP contribution is 2.18. The molecule has 4 N–H and O–H groups in total. The van der Waals surface area contributed by atoms with Crippen LogP contribution in [-0.4, -0.2) is 24.3 Å². The molecule has 0 saturated carbocycles. The van der Waals surface area contributed by atoms with E-state index in [1.807, 2.05) is 19.1 Å². The number of carbonyl (C=O) groups is 2. The molecule has 0 bridgehead atoms. The Balaban J connectivity index is 2.66. The lowest BCUT2D eigenvalue weighted by atomic mass is 9.95. The maximum atomic E-state index is 12.5. The van der Waals surface area contributed by atoms with E-state index in [2.05, 4.69) is 37.0 Å². The van der Waals surface area contributed by atoms with Gasteiger partial charge in [0.15, 0.2) is 5.78 Å². The molecule has 1 aromatic carbocycles. The predicted octanol–water partition coefficient (Wildman–Crippen LogP) is 2.47. The molecule has 0 fully saturated rings. The summed E-state index contributed by atoms with van der Waals surface area (Å²) >= 11 is 0. The number of hydrogen-bond acceptors (Lipinski definition) is 2. The average molecular weight is 333 g/mol. The van der Waals surface area contributed by atoms with Crippen molar-refractivity contribution in [3.05, 3.63) is 35.4 Å². The quantitative estimate of drug-likeness (QED) is 0.646. The first-order chi connectivity index (χ1) is 11.3. The zero-order valence-electron chi connectivity index (χ0n) is 15.6. The Morgan fingerprint density at radius 3 is 2.21 bits per heavy atom. The molecule has 1 amide bonds. The Hall–Kier alpha value is -1.68. The number of rotatable bonds is 10. The van der Waals surface area contributed by atoms with E-state index >= 15 is 0 Å². The van der Waals surface area contributed by atoms with E-state index in [0.717, 1.165) is 31.4 Å². The van der Waals surface area contributed by atoms with Crippen molar-refractivity contribution >= 4 is 11.7 Å². The number of carbonyl (C=O) groups excluding carboxylic acids is 2. The van der Waals surface area contributed by atoms with Gasteiger partial charge in [0.05, 0.1) is 18.5 Å². The topological polar surface area (TPSA) is 73.8 Å². The molecule has 134 valence electrons. The zero-order chi connectivity index (χ0) is 18.1. The monoisotopic (exact) mass is 333 g/mol. The van der Waals surface area contributed by atoms with Crippen LogP contribution in [0.5, 0.6) is 0 Å². The van der Waals surface area contributed by atoms with Gasteiger partial charge in [-0.25, -0.2) is 0 Å². The second-order valence-corrected chi connectivity index (χ2v) is 7.08. The number of quaternary nitrogens is 1. The molecule has 0 aliphatic rings. The number of amides is 1. The third-order valence-electron chi connectivity index (χ3n) is 4.32. The van der Waals surface area contributed by atoms with Gasteiger partial charge < -0.3 is 11.1 Å². The number of hydrogen-bond donors (Lipinski definition) is 2. The van der Waals surface area contributed by atoms with Gasteiger partial charge in [0, 0.05) is 0 Å². The van der Waals surface area contributed by atoms with Crippen LogP contribution in [0.15, 0.2) is 24.3 Å². The molecule has 0 aliphatic heterocycles. The fourth-order valence-electron chi connectivity index (χ4n) is 2.76. The highest BCUT2D eigenvalue weighted by Gasteiger charge is 2.21. The van der Waals surface area contributed by atoms with Crippen LogP contribution in [0, 0.1) is 5.92 Å². The van der Waals surface area contributed by atoms with E-state index in [1.54, 1.807) is 6.92 Å². The van der Waals surface area contributed by atoms with Gasteiger partial charge in [-0.15, -0.1) is 0 Å². The zero-order valence-corrected chi connectivity index (χ0v) is 15.6. The second kappa shape index (κ2) is 10.2. The van der Waals surface area contributed by atoms with E-state index in [0.29, 0.717) is 12.3 Å². The Bertz CT molecular complexity index is 523. The summed E-state index contributed by atoms with van der Waals surface area (Å²) in [5.41, 5.74) is 6.08. The van der Waals surface area contributed by atoms with Gasteiger partial charge in [-0.3, -0.25) is 9.59 Å². The molecule has 2 atom stereocenters. The van der Waals surface area contributed by atoms with Gasteiger partial charge >= 0.3 is 0 Å². The Labute approximate surface area is 146 Å². The predicted molar refractivity (Wildman–Crippen MR) is 97.6 cm³/mol. The Morgan fingerprint density at radius 2 is 1.71 bits per heavy atom. The van der Waals surface area contributed by atoms with Crippen molar-refractivity contribution < 1.29 is 15.3 Å². The van der Waals surface area contributed by atoms with Crippen molar-refractivity contribution in [1.29, 1.82) is 0 Å². The molecule has 0 radical (unpaired) electrons. The van der Waals surface area contributed by atoms with Gasteiger partial charge in [0.1, 0.15) is 0 Å². The Morgan fingerprint density at radius 1 is 1.08 bits per heavy atom. The van der Waals surface area contributed by atoms with Crippen molar-refractivity contribution in [3.63, 3.8) is 0 Å². The van der Waals surface area contributed by atoms with Crippen molar-refractivity contribution in [3.8, 4) is 0 Å². The first-order valence-corrected chi connectivity index (χ1v) is 9.04. The van der Waals surface area contributed by atoms with Gasteiger partial charge in [0.25, 0.3) is 0 Å². The molecule has 0 saturated heterocycles. The molecular weight excluding hydrogens is 300 g/mol. The van der Waals surface area contributed by atoms with Crippen molar-refractivity contribution in [1.82, 2.24) is 5.32 Å². The van der Waals surface area contributed by atoms with E-state index in [-0.39, 0.29) is 23.7 Å². The molecule has 4 nitrogen and oxygen atoms in total. The third-order valence-corrected chi connectivity index (χ3v) is 4.32. The maximum Gasteiger partial charge on any atom is 0.227 e. The molecule has 1 aromatic rings. The van der Waals surface area contributed by atoms with Crippen LogP contribution in [0.25, 0.3) is 0 Å². The maximum absolute atomic E-state index is 12.5. The summed E-state index contributed by atoms with van der Waals surface area (Å²) in [6.45, 7) is 8.68. The lowest BCUT2D eigenvalue weighted by Gasteiger charge is -2.19. The third kappa shape index (κ3) is 6.83. The van der Waals surface area contributed by atoms with Crippen LogP contribution in [0.1, 0.15) is 64.0 Å². The molecule has 0 heterocycles. The van der Waals surface area contributed by atoms with Crippen LogP contribution in [0.3, 0.4) is 0 Å². The minimum atomic E-state index is -0.383. The van der Waals surface area contributed by atoms with Gasteiger partial charge in [-0.05, 0) is 56.6 Å². The lowest BCUT2D eigenvalue weighted by molar-refractivity contribution is -0.368. The standard InChI is InChI=1S/C20H32N2O2/c1-14(2)13-17-8-10-18(11-9-17)15(3)20(24)22-19(16(4)23)7-5-6-12-21/h8-11,14-15,19H,5-7,12-13,21H2,1-4H3,(H,22,24)/p+1. The van der Waals surface area contributed by atoms with E-state index < -0.39 is 0 Å². The summed E-state index contributed by atoms with van der Waals surface area (Å²) in [4.78, 5) is 24.2. The summed E-state index contributed by atoms with van der Waals surface area (Å²) in [5, 5.41) is 2.91. The van der Waals surface area contributed by atoms with Crippen molar-refractivity contribution in [2.24, 2.45) is 5.92 Å². The smallest absolute Gasteiger partial charge is 0.227 e. The fraction of sp³-hybridized carbons (Fsp3) is 0.600.